The molecule has 1 saturated carbocycles. The minimum atomic E-state index is -0.407. The zero-order chi connectivity index (χ0) is 15.0. The predicted molar refractivity (Wildman–Crippen MR) is 85.6 cm³/mol. The van der Waals surface area contributed by atoms with Crippen LogP contribution in [0.15, 0.2) is 0 Å². The van der Waals surface area contributed by atoms with Gasteiger partial charge in [0.25, 0.3) is 0 Å². The van der Waals surface area contributed by atoms with Crippen LogP contribution in [0.1, 0.15) is 66.2 Å². The summed E-state index contributed by atoms with van der Waals surface area (Å²) < 4.78 is 0. The fourth-order valence-corrected chi connectivity index (χ4v) is 3.02. The molecule has 20 heavy (non-hydrogen) atoms. The molecule has 0 radical (unpaired) electrons. The van der Waals surface area contributed by atoms with Crippen LogP contribution in [0, 0.1) is 17.2 Å². The predicted octanol–water partition coefficient (Wildman–Crippen LogP) is 3.56. The normalized spacial score (nSPS) is 19.4. The Kier molecular flexibility index (Phi) is 7.55. The van der Waals surface area contributed by atoms with E-state index in [2.05, 4.69) is 44.0 Å². The van der Waals surface area contributed by atoms with E-state index in [-0.39, 0.29) is 0 Å². The van der Waals surface area contributed by atoms with Crippen LogP contribution in [0.5, 0.6) is 0 Å². The average Bonchev–Trinajstić information content (AvgIpc) is 2.95. The maximum absolute atomic E-state index is 9.54. The minimum absolute atomic E-state index is 0.407. The highest BCUT2D eigenvalue weighted by molar-refractivity contribution is 5.06. The van der Waals surface area contributed by atoms with Gasteiger partial charge in [0.1, 0.15) is 5.54 Å². The fourth-order valence-electron chi connectivity index (χ4n) is 3.02. The lowest BCUT2D eigenvalue weighted by Gasteiger charge is -2.35. The molecule has 1 atom stereocenters. The Labute approximate surface area is 125 Å². The van der Waals surface area contributed by atoms with Gasteiger partial charge in [0.15, 0.2) is 0 Å². The molecule has 1 aliphatic rings. The second-order valence-electron chi connectivity index (χ2n) is 6.96. The Bertz CT molecular complexity index is 302. The van der Waals surface area contributed by atoms with Crippen LogP contribution in [0.3, 0.4) is 0 Å². The summed E-state index contributed by atoms with van der Waals surface area (Å²) in [6.07, 6.45) is 7.64. The molecule has 0 aromatic carbocycles. The Morgan fingerprint density at radius 1 is 1.35 bits per heavy atom. The summed E-state index contributed by atoms with van der Waals surface area (Å²) in [6, 6.07) is 3.20. The number of nitrogens with zero attached hydrogens (tertiary/aromatic N) is 2. The number of hydrogen-bond acceptors (Lipinski definition) is 3. The van der Waals surface area contributed by atoms with E-state index in [9.17, 15) is 5.26 Å². The van der Waals surface area contributed by atoms with Crippen molar-refractivity contribution in [1.29, 1.82) is 5.26 Å². The molecule has 1 unspecified atom stereocenters. The van der Waals surface area contributed by atoms with Crippen LogP contribution >= 0.6 is 0 Å². The highest BCUT2D eigenvalue weighted by Crippen LogP contribution is 2.25. The van der Waals surface area contributed by atoms with E-state index in [1.807, 2.05) is 0 Å². The molecule has 1 aliphatic carbocycles. The number of rotatable bonds is 9. The minimum Gasteiger partial charge on any atom is -0.299 e. The van der Waals surface area contributed by atoms with Crippen molar-refractivity contribution in [2.24, 2.45) is 5.92 Å². The second-order valence-corrected chi connectivity index (χ2v) is 6.96. The summed E-state index contributed by atoms with van der Waals surface area (Å²) in [5, 5.41) is 13.0. The molecule has 0 aromatic rings. The van der Waals surface area contributed by atoms with Crippen LogP contribution < -0.4 is 5.32 Å². The third kappa shape index (κ3) is 5.81. The van der Waals surface area contributed by atoms with E-state index in [1.165, 1.54) is 32.1 Å². The average molecular weight is 279 g/mol. The molecule has 0 bridgehead atoms. The largest absolute Gasteiger partial charge is 0.299 e. The van der Waals surface area contributed by atoms with Crippen molar-refractivity contribution in [2.75, 3.05) is 19.6 Å². The van der Waals surface area contributed by atoms with Crippen LogP contribution in [0.2, 0.25) is 0 Å². The summed E-state index contributed by atoms with van der Waals surface area (Å²) in [7, 11) is 0. The quantitative estimate of drug-likeness (QED) is 0.701. The van der Waals surface area contributed by atoms with Gasteiger partial charge >= 0.3 is 0 Å². The molecular formula is C17H33N3. The zero-order valence-electron chi connectivity index (χ0n) is 13.9. The molecule has 3 heteroatoms. The molecule has 0 amide bonds. The van der Waals surface area contributed by atoms with Gasteiger partial charge in [0.05, 0.1) is 6.07 Å². The van der Waals surface area contributed by atoms with E-state index in [1.54, 1.807) is 0 Å². The molecule has 1 rings (SSSR count). The van der Waals surface area contributed by atoms with Gasteiger partial charge < -0.3 is 0 Å². The molecule has 3 nitrogen and oxygen atoms in total. The van der Waals surface area contributed by atoms with Gasteiger partial charge in [-0.3, -0.25) is 10.2 Å². The third-order valence-corrected chi connectivity index (χ3v) is 4.37. The monoisotopic (exact) mass is 279 g/mol. The van der Waals surface area contributed by atoms with Crippen LogP contribution in [0.25, 0.3) is 0 Å². The smallest absolute Gasteiger partial charge is 0.116 e. The van der Waals surface area contributed by atoms with Crippen LogP contribution in [-0.2, 0) is 0 Å². The first-order valence-corrected chi connectivity index (χ1v) is 8.41. The summed E-state index contributed by atoms with van der Waals surface area (Å²) in [4.78, 5) is 2.58. The summed E-state index contributed by atoms with van der Waals surface area (Å²) >= 11 is 0. The lowest BCUT2D eigenvalue weighted by Crippen LogP contribution is -2.53. The highest BCUT2D eigenvalue weighted by Gasteiger charge is 2.31. The molecule has 116 valence electrons. The zero-order valence-corrected chi connectivity index (χ0v) is 13.9. The van der Waals surface area contributed by atoms with Crippen molar-refractivity contribution in [3.05, 3.63) is 0 Å². The molecule has 1 N–H and O–H groups in total. The summed E-state index contributed by atoms with van der Waals surface area (Å²) in [5.74, 6) is 0.732. The van der Waals surface area contributed by atoms with Gasteiger partial charge in [0.2, 0.25) is 0 Å². The first-order valence-electron chi connectivity index (χ1n) is 8.41. The van der Waals surface area contributed by atoms with Crippen LogP contribution in [0.4, 0.5) is 0 Å². The third-order valence-electron chi connectivity index (χ3n) is 4.37. The fraction of sp³-hybridized carbons (Fsp3) is 0.941. The standard InChI is InChI=1S/C17H33N3/c1-5-11-19-17(4,13-18)14-20(12-10-15(2)3)16-8-6-7-9-16/h15-16,19H,5-12,14H2,1-4H3. The van der Waals surface area contributed by atoms with E-state index in [0.29, 0.717) is 6.04 Å². The van der Waals surface area contributed by atoms with Crippen molar-refractivity contribution in [3.8, 4) is 6.07 Å². The molecule has 0 aliphatic heterocycles. The first kappa shape index (κ1) is 17.5. The Morgan fingerprint density at radius 3 is 2.50 bits per heavy atom. The van der Waals surface area contributed by atoms with E-state index >= 15 is 0 Å². The SMILES string of the molecule is CCCNC(C)(C#N)CN(CCC(C)C)C1CCCC1. The highest BCUT2D eigenvalue weighted by atomic mass is 15.2. The number of nitriles is 1. The van der Waals surface area contributed by atoms with Gasteiger partial charge in [-0.15, -0.1) is 0 Å². The first-order chi connectivity index (χ1) is 9.50. The van der Waals surface area contributed by atoms with Gasteiger partial charge in [-0.2, -0.15) is 5.26 Å². The molecule has 0 saturated heterocycles. The molecule has 0 heterocycles. The van der Waals surface area contributed by atoms with Gasteiger partial charge in [-0.05, 0) is 51.6 Å². The van der Waals surface area contributed by atoms with E-state index in [4.69, 9.17) is 0 Å². The van der Waals surface area contributed by atoms with Crippen molar-refractivity contribution >= 4 is 0 Å². The van der Waals surface area contributed by atoms with Gasteiger partial charge in [-0.25, -0.2) is 0 Å². The Hall–Kier alpha value is -0.590. The lowest BCUT2D eigenvalue weighted by molar-refractivity contribution is 0.154. The Morgan fingerprint density at radius 2 is 2.00 bits per heavy atom. The van der Waals surface area contributed by atoms with E-state index < -0.39 is 5.54 Å². The van der Waals surface area contributed by atoms with Crippen LogP contribution in [-0.4, -0.2) is 36.1 Å². The van der Waals surface area contributed by atoms with Gasteiger partial charge in [0, 0.05) is 12.6 Å². The molecular weight excluding hydrogens is 246 g/mol. The van der Waals surface area contributed by atoms with Crippen molar-refractivity contribution in [2.45, 2.75) is 77.8 Å². The van der Waals surface area contributed by atoms with Crippen molar-refractivity contribution in [3.63, 3.8) is 0 Å². The number of nitrogens with one attached hydrogen (secondary N) is 1. The molecule has 1 fully saturated rings. The molecule has 0 spiro atoms. The lowest BCUT2D eigenvalue weighted by atomic mass is 10.0. The Balaban J connectivity index is 2.63. The maximum atomic E-state index is 9.54. The van der Waals surface area contributed by atoms with E-state index in [0.717, 1.165) is 32.0 Å². The second kappa shape index (κ2) is 8.64. The van der Waals surface area contributed by atoms with Gasteiger partial charge in [-0.1, -0.05) is 33.6 Å². The topological polar surface area (TPSA) is 39.1 Å². The van der Waals surface area contributed by atoms with Crippen molar-refractivity contribution < 1.29 is 0 Å². The van der Waals surface area contributed by atoms with Crippen molar-refractivity contribution in [1.82, 2.24) is 10.2 Å². The number of hydrogen-bond donors (Lipinski definition) is 1. The summed E-state index contributed by atoms with van der Waals surface area (Å²) in [6.45, 7) is 11.7. The summed E-state index contributed by atoms with van der Waals surface area (Å²) in [5.41, 5.74) is -0.407. The maximum Gasteiger partial charge on any atom is 0.116 e. The molecule has 0 aromatic heterocycles.